The van der Waals surface area contributed by atoms with Crippen molar-refractivity contribution in [2.24, 2.45) is 0 Å². The summed E-state index contributed by atoms with van der Waals surface area (Å²) >= 11 is 0. The van der Waals surface area contributed by atoms with Crippen molar-refractivity contribution in [3.05, 3.63) is 47.5 Å². The molecule has 0 fully saturated rings. The highest BCUT2D eigenvalue weighted by Crippen LogP contribution is 2.30. The first-order valence-corrected chi connectivity index (χ1v) is 11.1. The first-order chi connectivity index (χ1) is 15.2. The summed E-state index contributed by atoms with van der Waals surface area (Å²) in [5.74, 6) is -0.766. The molecule has 32 heavy (non-hydrogen) atoms. The van der Waals surface area contributed by atoms with E-state index in [-0.39, 0.29) is 47.4 Å². The van der Waals surface area contributed by atoms with Gasteiger partial charge in [-0.15, -0.1) is 0 Å². The van der Waals surface area contributed by atoms with Gasteiger partial charge >= 0.3 is 12.6 Å². The summed E-state index contributed by atoms with van der Waals surface area (Å²) in [4.78, 5) is 12.4. The molecule has 0 aliphatic rings. The number of carbonyl (C=O) groups excluding carboxylic acids is 1. The summed E-state index contributed by atoms with van der Waals surface area (Å²) in [6, 6.07) is 8.09. The maximum Gasteiger partial charge on any atom is 0.387 e. The van der Waals surface area contributed by atoms with Crippen LogP contribution in [0.15, 0.2) is 41.3 Å². The molecule has 0 atom stereocenters. The third-order valence-electron chi connectivity index (χ3n) is 4.54. The van der Waals surface area contributed by atoms with E-state index in [2.05, 4.69) is 4.74 Å². The zero-order valence-electron chi connectivity index (χ0n) is 18.1. The smallest absolute Gasteiger partial charge is 0.387 e. The van der Waals surface area contributed by atoms with Crippen LogP contribution >= 0.6 is 0 Å². The summed E-state index contributed by atoms with van der Waals surface area (Å²) in [5, 5.41) is 0. The summed E-state index contributed by atoms with van der Waals surface area (Å²) in [6.07, 6.45) is 0. The van der Waals surface area contributed by atoms with Gasteiger partial charge in [0, 0.05) is 13.1 Å². The Morgan fingerprint density at radius 3 is 2.16 bits per heavy atom. The fourth-order valence-electron chi connectivity index (χ4n) is 2.94. The third kappa shape index (κ3) is 5.86. The molecule has 0 saturated carbocycles. The Morgan fingerprint density at radius 2 is 1.59 bits per heavy atom. The second-order valence-electron chi connectivity index (χ2n) is 6.39. The number of halogens is 2. The molecule has 0 radical (unpaired) electrons. The van der Waals surface area contributed by atoms with Gasteiger partial charge in [-0.05, 0) is 35.9 Å². The van der Waals surface area contributed by atoms with Crippen molar-refractivity contribution in [3.63, 3.8) is 0 Å². The number of hydrogen-bond acceptors (Lipinski definition) is 7. The topological polar surface area (TPSA) is 91.4 Å². The zero-order valence-corrected chi connectivity index (χ0v) is 18.9. The van der Waals surface area contributed by atoms with Gasteiger partial charge in [-0.25, -0.2) is 13.2 Å². The fourth-order valence-corrected chi connectivity index (χ4v) is 4.57. The van der Waals surface area contributed by atoms with Crippen LogP contribution in [0, 0.1) is 0 Å². The molecule has 11 heteroatoms. The van der Waals surface area contributed by atoms with Gasteiger partial charge in [0.1, 0.15) is 17.3 Å². The third-order valence-corrected chi connectivity index (χ3v) is 6.61. The molecule has 2 rings (SSSR count). The van der Waals surface area contributed by atoms with Crippen LogP contribution in [0.5, 0.6) is 17.2 Å². The predicted octanol–water partition coefficient (Wildman–Crippen LogP) is 3.69. The van der Waals surface area contributed by atoms with Crippen LogP contribution in [0.1, 0.15) is 29.8 Å². The molecular formula is C21H25F2NO7S. The van der Waals surface area contributed by atoms with Crippen molar-refractivity contribution in [2.75, 3.05) is 27.3 Å². The van der Waals surface area contributed by atoms with Crippen LogP contribution in [-0.2, 0) is 21.4 Å². The second kappa shape index (κ2) is 11.1. The fraction of sp³-hybridized carbons (Fsp3) is 0.381. The van der Waals surface area contributed by atoms with E-state index in [1.165, 1.54) is 54.9 Å². The van der Waals surface area contributed by atoms with Crippen molar-refractivity contribution in [3.8, 4) is 17.2 Å². The highest BCUT2D eigenvalue weighted by Gasteiger charge is 2.27. The molecule has 0 spiro atoms. The normalized spacial score (nSPS) is 11.5. The second-order valence-corrected chi connectivity index (χ2v) is 8.30. The zero-order chi connectivity index (χ0) is 23.9. The van der Waals surface area contributed by atoms with E-state index < -0.39 is 22.6 Å². The number of benzene rings is 2. The predicted molar refractivity (Wildman–Crippen MR) is 112 cm³/mol. The number of methoxy groups -OCH3 is 2. The van der Waals surface area contributed by atoms with Crippen LogP contribution in [0.25, 0.3) is 0 Å². The number of sulfonamides is 1. The number of carbonyl (C=O) groups is 1. The molecule has 2 aromatic rings. The molecule has 0 N–H and O–H groups in total. The Hall–Kier alpha value is -2.92. The van der Waals surface area contributed by atoms with Gasteiger partial charge in [0.15, 0.2) is 11.5 Å². The number of nitrogens with zero attached hydrogens (tertiary/aromatic N) is 1. The monoisotopic (exact) mass is 473 g/mol. The lowest BCUT2D eigenvalue weighted by Crippen LogP contribution is -2.31. The molecule has 0 bridgehead atoms. The van der Waals surface area contributed by atoms with Crippen LogP contribution in [0.2, 0.25) is 0 Å². The number of hydrogen-bond donors (Lipinski definition) is 0. The minimum atomic E-state index is -3.88. The van der Waals surface area contributed by atoms with E-state index in [9.17, 15) is 22.0 Å². The SMILES string of the molecule is CCN(CC)S(=O)(=O)c1cc(C(=O)OCc2ccc(OC(F)F)c(OC)c2)ccc1OC. The molecule has 0 heterocycles. The molecule has 0 amide bonds. The maximum atomic E-state index is 12.9. The standard InChI is InChI=1S/C21H25F2NO7S/c1-5-24(6-2)32(26,27)19-12-15(8-10-17(19)28-3)20(25)30-13-14-7-9-16(31-21(22)23)18(11-14)29-4/h7-12,21H,5-6,13H2,1-4H3. The van der Waals surface area contributed by atoms with E-state index in [1.807, 2.05) is 0 Å². The van der Waals surface area contributed by atoms with Gasteiger partial charge in [0.25, 0.3) is 0 Å². The largest absolute Gasteiger partial charge is 0.495 e. The quantitative estimate of drug-likeness (QED) is 0.460. The lowest BCUT2D eigenvalue weighted by atomic mass is 10.2. The van der Waals surface area contributed by atoms with Crippen molar-refractivity contribution in [1.82, 2.24) is 4.31 Å². The van der Waals surface area contributed by atoms with Gasteiger partial charge in [-0.1, -0.05) is 19.9 Å². The van der Waals surface area contributed by atoms with Gasteiger partial charge in [-0.2, -0.15) is 13.1 Å². The first kappa shape index (κ1) is 25.3. The summed E-state index contributed by atoms with van der Waals surface area (Å²) < 4.78 is 71.8. The van der Waals surface area contributed by atoms with E-state index in [0.717, 1.165) is 0 Å². The van der Waals surface area contributed by atoms with Gasteiger partial charge in [0.05, 0.1) is 19.8 Å². The number of esters is 1. The van der Waals surface area contributed by atoms with Crippen molar-refractivity contribution in [1.29, 1.82) is 0 Å². The van der Waals surface area contributed by atoms with E-state index >= 15 is 0 Å². The summed E-state index contributed by atoms with van der Waals surface area (Å²) in [7, 11) is -1.25. The van der Waals surface area contributed by atoms with E-state index in [1.54, 1.807) is 13.8 Å². The van der Waals surface area contributed by atoms with E-state index in [0.29, 0.717) is 5.56 Å². The van der Waals surface area contributed by atoms with Crippen molar-refractivity contribution < 1.29 is 40.9 Å². The minimum Gasteiger partial charge on any atom is -0.495 e. The lowest BCUT2D eigenvalue weighted by molar-refractivity contribution is -0.0512. The molecule has 0 aliphatic heterocycles. The molecule has 0 aromatic heterocycles. The molecule has 0 saturated heterocycles. The molecule has 2 aromatic carbocycles. The van der Waals surface area contributed by atoms with Crippen molar-refractivity contribution >= 4 is 16.0 Å². The summed E-state index contributed by atoms with van der Waals surface area (Å²) in [6.45, 7) is 0.709. The molecular weight excluding hydrogens is 448 g/mol. The van der Waals surface area contributed by atoms with E-state index in [4.69, 9.17) is 14.2 Å². The average Bonchev–Trinajstić information content (AvgIpc) is 2.77. The van der Waals surface area contributed by atoms with Crippen LogP contribution in [0.3, 0.4) is 0 Å². The maximum absolute atomic E-state index is 12.9. The average molecular weight is 473 g/mol. The van der Waals surface area contributed by atoms with Crippen LogP contribution in [-0.4, -0.2) is 52.6 Å². The summed E-state index contributed by atoms with van der Waals surface area (Å²) in [5.41, 5.74) is 0.475. The number of ether oxygens (including phenoxy) is 4. The van der Waals surface area contributed by atoms with Crippen LogP contribution in [0.4, 0.5) is 8.78 Å². The highest BCUT2D eigenvalue weighted by atomic mass is 32.2. The lowest BCUT2D eigenvalue weighted by Gasteiger charge is -2.20. The Kier molecular flexibility index (Phi) is 8.79. The van der Waals surface area contributed by atoms with Crippen LogP contribution < -0.4 is 14.2 Å². The molecule has 176 valence electrons. The Balaban J connectivity index is 2.24. The Bertz CT molecular complexity index is 1040. The molecule has 8 nitrogen and oxygen atoms in total. The number of alkyl halides is 2. The highest BCUT2D eigenvalue weighted by molar-refractivity contribution is 7.89. The minimum absolute atomic E-state index is 0.0150. The first-order valence-electron chi connectivity index (χ1n) is 9.64. The van der Waals surface area contributed by atoms with Crippen molar-refractivity contribution in [2.45, 2.75) is 32.0 Å². The van der Waals surface area contributed by atoms with Gasteiger partial charge < -0.3 is 18.9 Å². The Labute approximate surface area is 185 Å². The molecule has 0 aliphatic carbocycles. The Morgan fingerprint density at radius 1 is 0.969 bits per heavy atom. The number of rotatable bonds is 11. The van der Waals surface area contributed by atoms with Gasteiger partial charge in [-0.3, -0.25) is 0 Å². The van der Waals surface area contributed by atoms with Gasteiger partial charge in [0.2, 0.25) is 10.0 Å². The molecule has 0 unspecified atom stereocenters.